The van der Waals surface area contributed by atoms with Crippen molar-refractivity contribution in [2.24, 2.45) is 0 Å². The molecule has 0 atom stereocenters. The highest BCUT2D eigenvalue weighted by Crippen LogP contribution is 2.29. The summed E-state index contributed by atoms with van der Waals surface area (Å²) in [5.41, 5.74) is 7.25. The number of hydrogen-bond donors (Lipinski definition) is 0. The van der Waals surface area contributed by atoms with Gasteiger partial charge in [0.05, 0.1) is 11.2 Å². The largest absolute Gasteiger partial charge is 0.244 e. The van der Waals surface area contributed by atoms with Crippen LogP contribution in [0.3, 0.4) is 0 Å². The molecule has 138 valence electrons. The van der Waals surface area contributed by atoms with Crippen molar-refractivity contribution in [2.75, 3.05) is 0 Å². The van der Waals surface area contributed by atoms with Crippen LogP contribution < -0.4 is 0 Å². The molecule has 0 amide bonds. The Hall–Kier alpha value is -3.85. The van der Waals surface area contributed by atoms with Crippen LogP contribution in [0, 0.1) is 6.92 Å². The Morgan fingerprint density at radius 2 is 1.38 bits per heavy atom. The minimum atomic E-state index is 0.643. The van der Waals surface area contributed by atoms with Crippen LogP contribution in [-0.4, -0.2) is 15.0 Å². The summed E-state index contributed by atoms with van der Waals surface area (Å²) in [7, 11) is 0. The van der Waals surface area contributed by atoms with Gasteiger partial charge < -0.3 is 0 Å². The number of pyridine rings is 1. The van der Waals surface area contributed by atoms with Gasteiger partial charge in [-0.05, 0) is 41.8 Å². The van der Waals surface area contributed by atoms with E-state index in [2.05, 4.69) is 66.5 Å². The fraction of sp³-hybridized carbons (Fsp3) is 0.0385. The molecule has 0 radical (unpaired) electrons. The van der Waals surface area contributed by atoms with Gasteiger partial charge in [0, 0.05) is 17.1 Å². The number of aromatic nitrogens is 3. The smallest absolute Gasteiger partial charge is 0.178 e. The molecule has 2 heterocycles. The second kappa shape index (κ2) is 7.28. The first-order valence-electron chi connectivity index (χ1n) is 9.63. The van der Waals surface area contributed by atoms with Gasteiger partial charge >= 0.3 is 0 Å². The molecule has 0 aliphatic heterocycles. The van der Waals surface area contributed by atoms with Gasteiger partial charge in [0.2, 0.25) is 0 Å². The molecule has 3 aromatic carbocycles. The van der Waals surface area contributed by atoms with Gasteiger partial charge in [-0.25, -0.2) is 15.0 Å². The number of benzene rings is 3. The monoisotopic (exact) mass is 373 g/mol. The minimum Gasteiger partial charge on any atom is -0.244 e. The highest BCUT2D eigenvalue weighted by atomic mass is 14.9. The van der Waals surface area contributed by atoms with E-state index in [4.69, 9.17) is 9.97 Å². The van der Waals surface area contributed by atoms with Crippen molar-refractivity contribution in [1.82, 2.24) is 15.0 Å². The lowest BCUT2D eigenvalue weighted by Gasteiger charge is -2.10. The predicted molar refractivity (Wildman–Crippen MR) is 118 cm³/mol. The summed E-state index contributed by atoms with van der Waals surface area (Å²) >= 11 is 0. The van der Waals surface area contributed by atoms with Crippen LogP contribution in [0.25, 0.3) is 44.8 Å². The average molecular weight is 373 g/mol. The first-order valence-corrected chi connectivity index (χ1v) is 9.63. The molecule has 2 aromatic heterocycles. The van der Waals surface area contributed by atoms with Gasteiger partial charge in [-0.3, -0.25) is 0 Å². The summed E-state index contributed by atoms with van der Waals surface area (Å²) in [4.78, 5) is 14.2. The first-order chi connectivity index (χ1) is 14.3. The molecule has 0 saturated heterocycles. The van der Waals surface area contributed by atoms with Crippen molar-refractivity contribution >= 4 is 10.9 Å². The van der Waals surface area contributed by atoms with Crippen molar-refractivity contribution in [1.29, 1.82) is 0 Å². The Morgan fingerprint density at radius 3 is 2.28 bits per heavy atom. The minimum absolute atomic E-state index is 0.643. The average Bonchev–Trinajstić information content (AvgIpc) is 2.80. The van der Waals surface area contributed by atoms with Crippen molar-refractivity contribution in [3.8, 4) is 33.9 Å². The molecule has 3 heteroatoms. The number of fused-ring (bicyclic) bond motifs is 1. The van der Waals surface area contributed by atoms with E-state index in [1.54, 1.807) is 0 Å². The summed E-state index contributed by atoms with van der Waals surface area (Å²) in [6.07, 6.45) is 1.86. The molecule has 0 aliphatic carbocycles. The zero-order valence-electron chi connectivity index (χ0n) is 16.1. The number of hydrogen-bond acceptors (Lipinski definition) is 3. The molecule has 0 saturated carbocycles. The molecule has 29 heavy (non-hydrogen) atoms. The predicted octanol–water partition coefficient (Wildman–Crippen LogP) is 6.33. The van der Waals surface area contributed by atoms with Crippen LogP contribution in [0.1, 0.15) is 5.56 Å². The van der Waals surface area contributed by atoms with Gasteiger partial charge in [-0.15, -0.1) is 0 Å². The van der Waals surface area contributed by atoms with Crippen molar-refractivity contribution in [3.05, 3.63) is 103 Å². The molecule has 0 aliphatic rings. The third-order valence-electron chi connectivity index (χ3n) is 5.06. The second-order valence-corrected chi connectivity index (χ2v) is 7.06. The van der Waals surface area contributed by atoms with Gasteiger partial charge in [0.15, 0.2) is 5.82 Å². The van der Waals surface area contributed by atoms with Crippen molar-refractivity contribution in [3.63, 3.8) is 0 Å². The Kier molecular flexibility index (Phi) is 4.34. The standard InChI is InChI=1S/C26H19N3/c1-18-14-15-24(26-27-17-22-10-5-6-13-23(22)29-26)28-25(18)21-12-7-11-20(16-21)19-8-3-2-4-9-19/h2-17H,1H3. The third kappa shape index (κ3) is 3.39. The van der Waals surface area contributed by atoms with Gasteiger partial charge in [-0.1, -0.05) is 72.8 Å². The molecule has 0 spiro atoms. The van der Waals surface area contributed by atoms with Crippen LogP contribution in [0.5, 0.6) is 0 Å². The summed E-state index contributed by atoms with van der Waals surface area (Å²) < 4.78 is 0. The van der Waals surface area contributed by atoms with E-state index in [9.17, 15) is 0 Å². The zero-order valence-corrected chi connectivity index (χ0v) is 16.1. The second-order valence-electron chi connectivity index (χ2n) is 7.06. The normalized spacial score (nSPS) is 10.9. The van der Waals surface area contributed by atoms with Crippen LogP contribution >= 0.6 is 0 Å². The summed E-state index contributed by atoms with van der Waals surface area (Å²) in [6.45, 7) is 2.09. The third-order valence-corrected chi connectivity index (χ3v) is 5.06. The maximum Gasteiger partial charge on any atom is 0.178 e. The Labute approximate surface area is 169 Å². The van der Waals surface area contributed by atoms with Crippen molar-refractivity contribution in [2.45, 2.75) is 6.92 Å². The quantitative estimate of drug-likeness (QED) is 0.371. The topological polar surface area (TPSA) is 38.7 Å². The Bertz CT molecular complexity index is 1310. The van der Waals surface area contributed by atoms with Gasteiger partial charge in [0.25, 0.3) is 0 Å². The summed E-state index contributed by atoms with van der Waals surface area (Å²) in [5.74, 6) is 0.643. The number of rotatable bonds is 3. The molecule has 5 aromatic rings. The van der Waals surface area contributed by atoms with E-state index in [1.807, 2.05) is 42.6 Å². The molecule has 0 bridgehead atoms. The lowest BCUT2D eigenvalue weighted by Crippen LogP contribution is -1.96. The number of aryl methyl sites for hydroxylation is 1. The lowest BCUT2D eigenvalue weighted by atomic mass is 9.99. The fourth-order valence-corrected chi connectivity index (χ4v) is 3.52. The van der Waals surface area contributed by atoms with E-state index < -0.39 is 0 Å². The first kappa shape index (κ1) is 17.3. The SMILES string of the molecule is Cc1ccc(-c2ncc3ccccc3n2)nc1-c1cccc(-c2ccccc2)c1. The summed E-state index contributed by atoms with van der Waals surface area (Å²) in [6, 6.07) is 31.0. The van der Waals surface area contributed by atoms with Crippen LogP contribution in [0.4, 0.5) is 0 Å². The van der Waals surface area contributed by atoms with E-state index in [0.717, 1.165) is 33.4 Å². The molecular formula is C26H19N3. The lowest BCUT2D eigenvalue weighted by molar-refractivity contribution is 1.17. The zero-order chi connectivity index (χ0) is 19.6. The number of nitrogens with zero attached hydrogens (tertiary/aromatic N) is 3. The molecule has 0 unspecified atom stereocenters. The Balaban J connectivity index is 1.59. The fourth-order valence-electron chi connectivity index (χ4n) is 3.52. The van der Waals surface area contributed by atoms with Crippen LogP contribution in [0.2, 0.25) is 0 Å². The molecule has 5 rings (SSSR count). The highest BCUT2D eigenvalue weighted by molar-refractivity contribution is 5.79. The van der Waals surface area contributed by atoms with Crippen LogP contribution in [-0.2, 0) is 0 Å². The molecule has 0 fully saturated rings. The van der Waals surface area contributed by atoms with E-state index >= 15 is 0 Å². The maximum atomic E-state index is 4.93. The van der Waals surface area contributed by atoms with E-state index in [1.165, 1.54) is 11.1 Å². The van der Waals surface area contributed by atoms with Gasteiger partial charge in [-0.2, -0.15) is 0 Å². The van der Waals surface area contributed by atoms with Gasteiger partial charge in [0.1, 0.15) is 5.69 Å². The summed E-state index contributed by atoms with van der Waals surface area (Å²) in [5, 5.41) is 1.03. The van der Waals surface area contributed by atoms with E-state index in [-0.39, 0.29) is 0 Å². The van der Waals surface area contributed by atoms with E-state index in [0.29, 0.717) is 5.82 Å². The molecule has 0 N–H and O–H groups in total. The number of para-hydroxylation sites is 1. The van der Waals surface area contributed by atoms with Crippen LogP contribution in [0.15, 0.2) is 97.2 Å². The molecule has 3 nitrogen and oxygen atoms in total. The highest BCUT2D eigenvalue weighted by Gasteiger charge is 2.10. The maximum absolute atomic E-state index is 4.93. The van der Waals surface area contributed by atoms with Crippen molar-refractivity contribution < 1.29 is 0 Å². The Morgan fingerprint density at radius 1 is 0.621 bits per heavy atom. The molecular weight excluding hydrogens is 354 g/mol.